The molecule has 0 aromatic heterocycles. The van der Waals surface area contributed by atoms with Crippen molar-refractivity contribution in [3.8, 4) is 11.8 Å². The number of carboxylic acid groups (broad SMARTS) is 1. The summed E-state index contributed by atoms with van der Waals surface area (Å²) in [5.74, 6) is -0.267. The van der Waals surface area contributed by atoms with E-state index in [1.165, 1.54) is 7.11 Å². The second kappa shape index (κ2) is 6.90. The average Bonchev–Trinajstić information content (AvgIpc) is 2.37. The molecular formula is C13H15NO4S. The first-order valence-corrected chi connectivity index (χ1v) is 7.02. The molecule has 0 aliphatic heterocycles. The third-order valence-corrected chi connectivity index (χ3v) is 4.29. The van der Waals surface area contributed by atoms with E-state index in [1.54, 1.807) is 25.1 Å². The number of methoxy groups -OCH3 is 1. The van der Waals surface area contributed by atoms with Gasteiger partial charge in [0.2, 0.25) is 0 Å². The van der Waals surface area contributed by atoms with Gasteiger partial charge in [-0.1, -0.05) is 13.0 Å². The number of ether oxygens (including phenoxy) is 1. The smallest absolute Gasteiger partial charge is 0.304 e. The van der Waals surface area contributed by atoms with Crippen LogP contribution in [-0.2, 0) is 21.3 Å². The van der Waals surface area contributed by atoms with Gasteiger partial charge < -0.3 is 9.84 Å². The Hall–Kier alpha value is -1.87. The second-order valence-corrected chi connectivity index (χ2v) is 5.93. The Kier molecular flexibility index (Phi) is 5.52. The molecule has 0 aliphatic rings. The van der Waals surface area contributed by atoms with Gasteiger partial charge in [-0.15, -0.1) is 0 Å². The number of nitriles is 1. The summed E-state index contributed by atoms with van der Waals surface area (Å²) < 4.78 is 17.0. The molecule has 5 nitrogen and oxygen atoms in total. The second-order valence-electron chi connectivity index (χ2n) is 4.08. The summed E-state index contributed by atoms with van der Waals surface area (Å²) in [5, 5.41) is 17.2. The van der Waals surface area contributed by atoms with E-state index >= 15 is 0 Å². The largest absolute Gasteiger partial charge is 0.495 e. The van der Waals surface area contributed by atoms with Crippen LogP contribution < -0.4 is 4.74 Å². The molecule has 6 heteroatoms. The fraction of sp³-hybridized carbons (Fsp3) is 0.385. The predicted octanol–water partition coefficient (Wildman–Crippen LogP) is 1.68. The zero-order valence-corrected chi connectivity index (χ0v) is 11.6. The topological polar surface area (TPSA) is 87.4 Å². The maximum absolute atomic E-state index is 11.9. The van der Waals surface area contributed by atoms with Crippen LogP contribution in [0.4, 0.5) is 0 Å². The predicted molar refractivity (Wildman–Crippen MR) is 71.3 cm³/mol. The zero-order valence-electron chi connectivity index (χ0n) is 10.8. The molecule has 0 saturated heterocycles. The molecule has 102 valence electrons. The maximum atomic E-state index is 11.9. The number of carboxylic acids is 1. The highest BCUT2D eigenvalue weighted by Gasteiger charge is 2.16. The molecule has 0 amide bonds. The summed E-state index contributed by atoms with van der Waals surface area (Å²) in [4.78, 5) is 10.6. The van der Waals surface area contributed by atoms with E-state index in [1.807, 2.05) is 6.07 Å². The Morgan fingerprint density at radius 3 is 2.79 bits per heavy atom. The fourth-order valence-electron chi connectivity index (χ4n) is 1.58. The molecule has 0 bridgehead atoms. The Bertz CT molecular complexity index is 536. The van der Waals surface area contributed by atoms with E-state index in [2.05, 4.69) is 0 Å². The van der Waals surface area contributed by atoms with Gasteiger partial charge in [-0.05, 0) is 17.7 Å². The summed E-state index contributed by atoms with van der Waals surface area (Å²) in [6.07, 6.45) is -0.131. The Morgan fingerprint density at radius 2 is 2.26 bits per heavy atom. The van der Waals surface area contributed by atoms with Crippen LogP contribution in [0.2, 0.25) is 0 Å². The van der Waals surface area contributed by atoms with Gasteiger partial charge in [0, 0.05) is 21.8 Å². The first-order chi connectivity index (χ1) is 8.97. The minimum Gasteiger partial charge on any atom is -0.495 e. The Labute approximate surface area is 114 Å². The molecule has 0 heterocycles. The molecule has 1 aromatic rings. The summed E-state index contributed by atoms with van der Waals surface area (Å²) in [6.45, 7) is 1.64. The summed E-state index contributed by atoms with van der Waals surface area (Å²) in [7, 11) is 0.189. The lowest BCUT2D eigenvalue weighted by Crippen LogP contribution is -2.17. The van der Waals surface area contributed by atoms with Gasteiger partial charge in [0.05, 0.1) is 19.1 Å². The number of hydrogen-bond donors (Lipinski definition) is 1. The molecule has 0 radical (unpaired) electrons. The van der Waals surface area contributed by atoms with Crippen LogP contribution in [-0.4, -0.2) is 27.6 Å². The van der Waals surface area contributed by atoms with Crippen LogP contribution in [0.5, 0.6) is 5.75 Å². The van der Waals surface area contributed by atoms with Crippen LogP contribution >= 0.6 is 0 Å². The molecule has 2 atom stereocenters. The van der Waals surface area contributed by atoms with Crippen molar-refractivity contribution in [2.75, 3.05) is 7.11 Å². The highest BCUT2D eigenvalue weighted by Crippen LogP contribution is 2.20. The first kappa shape index (κ1) is 15.2. The highest BCUT2D eigenvalue weighted by molar-refractivity contribution is 7.84. The van der Waals surface area contributed by atoms with Crippen molar-refractivity contribution >= 4 is 16.8 Å². The SMILES string of the molecule is COc1ccc(CS(=O)C(C)CC(=O)O)cc1C#N. The Morgan fingerprint density at radius 1 is 1.58 bits per heavy atom. The molecule has 1 rings (SSSR count). The minimum atomic E-state index is -1.29. The lowest BCUT2D eigenvalue weighted by molar-refractivity contribution is -0.136. The monoisotopic (exact) mass is 281 g/mol. The van der Waals surface area contributed by atoms with Crippen molar-refractivity contribution < 1.29 is 18.8 Å². The van der Waals surface area contributed by atoms with Gasteiger partial charge in [0.15, 0.2) is 0 Å². The van der Waals surface area contributed by atoms with Gasteiger partial charge >= 0.3 is 5.97 Å². The van der Waals surface area contributed by atoms with E-state index in [9.17, 15) is 9.00 Å². The van der Waals surface area contributed by atoms with Gasteiger partial charge in [-0.25, -0.2) is 0 Å². The van der Waals surface area contributed by atoms with Crippen molar-refractivity contribution in [2.45, 2.75) is 24.3 Å². The number of rotatable bonds is 6. The number of aliphatic carboxylic acids is 1. The number of nitrogens with zero attached hydrogens (tertiary/aromatic N) is 1. The summed E-state index contributed by atoms with van der Waals surface area (Å²) >= 11 is 0. The van der Waals surface area contributed by atoms with Crippen molar-refractivity contribution in [1.29, 1.82) is 5.26 Å². The van der Waals surface area contributed by atoms with E-state index in [0.29, 0.717) is 11.3 Å². The molecular weight excluding hydrogens is 266 g/mol. The van der Waals surface area contributed by atoms with Crippen molar-refractivity contribution in [2.24, 2.45) is 0 Å². The lowest BCUT2D eigenvalue weighted by Gasteiger charge is -2.10. The van der Waals surface area contributed by atoms with Crippen LogP contribution in [0.15, 0.2) is 18.2 Å². The first-order valence-electron chi connectivity index (χ1n) is 5.64. The molecule has 0 saturated carbocycles. The van der Waals surface area contributed by atoms with Gasteiger partial charge in [0.1, 0.15) is 11.8 Å². The van der Waals surface area contributed by atoms with Crippen molar-refractivity contribution in [3.05, 3.63) is 29.3 Å². The third-order valence-electron chi connectivity index (χ3n) is 2.60. The van der Waals surface area contributed by atoms with Gasteiger partial charge in [-0.3, -0.25) is 9.00 Å². The van der Waals surface area contributed by atoms with E-state index in [-0.39, 0.29) is 12.2 Å². The minimum absolute atomic E-state index is 0.131. The molecule has 1 aromatic carbocycles. The standard InChI is InChI=1S/C13H15NO4S/c1-9(5-13(15)16)19(17)8-10-3-4-12(18-2)11(6-10)7-14/h3-4,6,9H,5,8H2,1-2H3,(H,15,16). The van der Waals surface area contributed by atoms with E-state index < -0.39 is 22.0 Å². The molecule has 1 N–H and O–H groups in total. The van der Waals surface area contributed by atoms with Crippen molar-refractivity contribution in [1.82, 2.24) is 0 Å². The molecule has 19 heavy (non-hydrogen) atoms. The molecule has 2 unspecified atom stereocenters. The number of carbonyl (C=O) groups is 1. The van der Waals surface area contributed by atoms with E-state index in [4.69, 9.17) is 15.1 Å². The maximum Gasteiger partial charge on any atom is 0.304 e. The quantitative estimate of drug-likeness (QED) is 0.857. The highest BCUT2D eigenvalue weighted by atomic mass is 32.2. The molecule has 0 aliphatic carbocycles. The van der Waals surface area contributed by atoms with Crippen LogP contribution in [0.1, 0.15) is 24.5 Å². The fourth-order valence-corrected chi connectivity index (χ4v) is 2.70. The molecule has 0 spiro atoms. The van der Waals surface area contributed by atoms with Gasteiger partial charge in [-0.2, -0.15) is 5.26 Å². The van der Waals surface area contributed by atoms with Crippen LogP contribution in [0.3, 0.4) is 0 Å². The average molecular weight is 281 g/mol. The number of benzene rings is 1. The summed E-state index contributed by atoms with van der Waals surface area (Å²) in [6, 6.07) is 6.99. The normalized spacial score (nSPS) is 13.3. The number of hydrogen-bond acceptors (Lipinski definition) is 4. The van der Waals surface area contributed by atoms with Crippen molar-refractivity contribution in [3.63, 3.8) is 0 Å². The zero-order chi connectivity index (χ0) is 14.4. The van der Waals surface area contributed by atoms with Crippen LogP contribution in [0.25, 0.3) is 0 Å². The van der Waals surface area contributed by atoms with E-state index in [0.717, 1.165) is 5.56 Å². The van der Waals surface area contributed by atoms with Gasteiger partial charge in [0.25, 0.3) is 0 Å². The third kappa shape index (κ3) is 4.38. The van der Waals surface area contributed by atoms with Crippen LogP contribution in [0, 0.1) is 11.3 Å². The summed E-state index contributed by atoms with van der Waals surface area (Å²) in [5.41, 5.74) is 1.11. The lowest BCUT2D eigenvalue weighted by atomic mass is 10.1. The Balaban J connectivity index is 2.80. The molecule has 0 fully saturated rings.